The van der Waals surface area contributed by atoms with Gasteiger partial charge in [0.2, 0.25) is 0 Å². The van der Waals surface area contributed by atoms with E-state index in [1.165, 1.54) is 0 Å². The summed E-state index contributed by atoms with van der Waals surface area (Å²) in [6, 6.07) is 1.82. The van der Waals surface area contributed by atoms with Gasteiger partial charge in [0.25, 0.3) is 0 Å². The van der Waals surface area contributed by atoms with Gasteiger partial charge >= 0.3 is 12.1 Å². The van der Waals surface area contributed by atoms with Crippen molar-refractivity contribution in [2.75, 3.05) is 7.11 Å². The molecule has 0 saturated heterocycles. The number of esters is 1. The van der Waals surface area contributed by atoms with E-state index in [4.69, 9.17) is 4.74 Å². The van der Waals surface area contributed by atoms with Crippen LogP contribution in [0.3, 0.4) is 0 Å². The summed E-state index contributed by atoms with van der Waals surface area (Å²) < 4.78 is 49.0. The number of halogens is 3. The molecule has 1 heterocycles. The number of ketones is 1. The summed E-state index contributed by atoms with van der Waals surface area (Å²) in [7, 11) is 1.00. The summed E-state index contributed by atoms with van der Waals surface area (Å²) in [5, 5.41) is 0. The van der Waals surface area contributed by atoms with Gasteiger partial charge in [-0.3, -0.25) is 4.79 Å². The van der Waals surface area contributed by atoms with Gasteiger partial charge in [-0.25, -0.2) is 4.79 Å². The zero-order valence-electron chi connectivity index (χ0n) is 11.0. The predicted octanol–water partition coefficient (Wildman–Crippen LogP) is 2.53. The van der Waals surface area contributed by atoms with E-state index in [1.54, 1.807) is 0 Å². The minimum absolute atomic E-state index is 0.0204. The molecule has 112 valence electrons. The molecule has 1 aliphatic heterocycles. The van der Waals surface area contributed by atoms with Crippen molar-refractivity contribution in [1.29, 1.82) is 0 Å². The topological polar surface area (TPSA) is 52.6 Å². The second-order valence-electron chi connectivity index (χ2n) is 5.19. The summed E-state index contributed by atoms with van der Waals surface area (Å²) in [4.78, 5) is 23.5. The first kappa shape index (κ1) is 13.9. The maximum atomic E-state index is 13.1. The lowest BCUT2D eigenvalue weighted by Gasteiger charge is -2.26. The van der Waals surface area contributed by atoms with Crippen molar-refractivity contribution in [2.24, 2.45) is 0 Å². The van der Waals surface area contributed by atoms with E-state index in [-0.39, 0.29) is 23.5 Å². The molecule has 21 heavy (non-hydrogen) atoms. The standard InChI is InChI=1S/C14H11F3O4/c1-20-12(19)8-4-7-5-11(18)13(2-3-13)21-10(7)6-9(8)14(15,16)17/h4,6H,2-3,5H2,1H3. The molecule has 0 aromatic heterocycles. The van der Waals surface area contributed by atoms with E-state index in [1.807, 2.05) is 0 Å². The number of methoxy groups -OCH3 is 1. The summed E-state index contributed by atoms with van der Waals surface area (Å²) >= 11 is 0. The van der Waals surface area contributed by atoms with E-state index in [2.05, 4.69) is 4.74 Å². The number of carbonyl (C=O) groups is 2. The molecule has 2 aliphatic rings. The van der Waals surface area contributed by atoms with Crippen molar-refractivity contribution in [3.05, 3.63) is 28.8 Å². The highest BCUT2D eigenvalue weighted by molar-refractivity contribution is 5.96. The summed E-state index contributed by atoms with van der Waals surface area (Å²) in [6.45, 7) is 0. The second-order valence-corrected chi connectivity index (χ2v) is 5.19. The quantitative estimate of drug-likeness (QED) is 0.748. The number of fused-ring (bicyclic) bond motifs is 1. The van der Waals surface area contributed by atoms with Crippen LogP contribution in [0, 0.1) is 0 Å². The first-order valence-corrected chi connectivity index (χ1v) is 6.31. The normalized spacial score (nSPS) is 19.0. The molecule has 0 unspecified atom stereocenters. The minimum atomic E-state index is -4.71. The lowest BCUT2D eigenvalue weighted by atomic mass is 9.94. The molecule has 0 bridgehead atoms. The third-order valence-electron chi connectivity index (χ3n) is 3.78. The zero-order chi connectivity index (χ0) is 15.4. The van der Waals surface area contributed by atoms with Crippen LogP contribution in [-0.2, 0) is 22.1 Å². The van der Waals surface area contributed by atoms with Gasteiger partial charge in [0.15, 0.2) is 11.4 Å². The monoisotopic (exact) mass is 300 g/mol. The molecule has 1 aromatic carbocycles. The van der Waals surface area contributed by atoms with Crippen molar-refractivity contribution in [3.8, 4) is 5.75 Å². The average Bonchev–Trinajstić information content (AvgIpc) is 3.18. The van der Waals surface area contributed by atoms with Gasteiger partial charge in [-0.2, -0.15) is 13.2 Å². The Morgan fingerprint density at radius 2 is 2.00 bits per heavy atom. The average molecular weight is 300 g/mol. The van der Waals surface area contributed by atoms with Crippen molar-refractivity contribution in [3.63, 3.8) is 0 Å². The summed E-state index contributed by atoms with van der Waals surface area (Å²) in [5.41, 5.74) is -2.38. The lowest BCUT2D eigenvalue weighted by molar-refractivity contribution is -0.138. The number of benzene rings is 1. The largest absolute Gasteiger partial charge is 0.479 e. The van der Waals surface area contributed by atoms with Gasteiger partial charge in [0.1, 0.15) is 5.75 Å². The highest BCUT2D eigenvalue weighted by atomic mass is 19.4. The van der Waals surface area contributed by atoms with Crippen LogP contribution in [0.25, 0.3) is 0 Å². The Bertz CT molecular complexity index is 644. The smallest absolute Gasteiger partial charge is 0.417 e. The van der Waals surface area contributed by atoms with E-state index in [9.17, 15) is 22.8 Å². The number of alkyl halides is 3. The van der Waals surface area contributed by atoms with E-state index in [0.717, 1.165) is 19.2 Å². The molecule has 1 saturated carbocycles. The van der Waals surface area contributed by atoms with E-state index >= 15 is 0 Å². The number of hydrogen-bond donors (Lipinski definition) is 0. The molecule has 0 radical (unpaired) electrons. The molecule has 0 atom stereocenters. The molecule has 1 aliphatic carbocycles. The second kappa shape index (κ2) is 4.22. The van der Waals surface area contributed by atoms with Crippen molar-refractivity contribution >= 4 is 11.8 Å². The Morgan fingerprint density at radius 1 is 1.33 bits per heavy atom. The van der Waals surface area contributed by atoms with Crippen LogP contribution < -0.4 is 4.74 Å². The molecule has 7 heteroatoms. The Balaban J connectivity index is 2.13. The van der Waals surface area contributed by atoms with Gasteiger partial charge in [0, 0.05) is 12.0 Å². The first-order chi connectivity index (χ1) is 9.77. The lowest BCUT2D eigenvalue weighted by Crippen LogP contribution is -2.35. The molecule has 0 N–H and O–H groups in total. The predicted molar refractivity (Wildman–Crippen MR) is 64.1 cm³/mol. The fourth-order valence-corrected chi connectivity index (χ4v) is 2.47. The molecule has 3 rings (SSSR count). The third-order valence-corrected chi connectivity index (χ3v) is 3.78. The molecule has 1 fully saturated rings. The molecule has 1 spiro atoms. The number of hydrogen-bond acceptors (Lipinski definition) is 4. The highest BCUT2D eigenvalue weighted by Gasteiger charge is 2.55. The minimum Gasteiger partial charge on any atom is -0.479 e. The van der Waals surface area contributed by atoms with Gasteiger partial charge in [-0.05, 0) is 25.0 Å². The van der Waals surface area contributed by atoms with Gasteiger partial charge in [-0.15, -0.1) is 0 Å². The maximum Gasteiger partial charge on any atom is 0.417 e. The van der Waals surface area contributed by atoms with Crippen molar-refractivity contribution < 1.29 is 32.2 Å². The molecular weight excluding hydrogens is 289 g/mol. The molecule has 1 aromatic rings. The molecule has 4 nitrogen and oxygen atoms in total. The molecule has 0 amide bonds. The van der Waals surface area contributed by atoms with Crippen LogP contribution in [0.5, 0.6) is 5.75 Å². The number of rotatable bonds is 1. The van der Waals surface area contributed by atoms with Crippen molar-refractivity contribution in [2.45, 2.75) is 31.0 Å². The fraction of sp³-hybridized carbons (Fsp3) is 0.429. The van der Waals surface area contributed by atoms with Crippen LogP contribution in [0.1, 0.15) is 34.3 Å². The van der Waals surface area contributed by atoms with E-state index in [0.29, 0.717) is 12.8 Å². The van der Waals surface area contributed by atoms with Crippen LogP contribution >= 0.6 is 0 Å². The van der Waals surface area contributed by atoms with Crippen LogP contribution in [0.2, 0.25) is 0 Å². The molecular formula is C14H11F3O4. The van der Waals surface area contributed by atoms with E-state index < -0.39 is 28.9 Å². The number of carbonyl (C=O) groups excluding carboxylic acids is 2. The number of ether oxygens (including phenoxy) is 2. The zero-order valence-corrected chi connectivity index (χ0v) is 11.0. The SMILES string of the molecule is COC(=O)c1cc2c(cc1C(F)(F)F)OC1(CC1)C(=O)C2. The Hall–Kier alpha value is -2.05. The van der Waals surface area contributed by atoms with Crippen LogP contribution in [0.15, 0.2) is 12.1 Å². The van der Waals surface area contributed by atoms with Crippen LogP contribution in [-0.4, -0.2) is 24.5 Å². The first-order valence-electron chi connectivity index (χ1n) is 6.31. The van der Waals surface area contributed by atoms with Crippen molar-refractivity contribution in [1.82, 2.24) is 0 Å². The summed E-state index contributed by atoms with van der Waals surface area (Å²) in [6.07, 6.45) is -3.70. The fourth-order valence-electron chi connectivity index (χ4n) is 2.47. The number of Topliss-reactive ketones (excluding diaryl/α,β-unsaturated/α-hetero) is 1. The van der Waals surface area contributed by atoms with Gasteiger partial charge in [0.05, 0.1) is 18.2 Å². The third kappa shape index (κ3) is 2.16. The maximum absolute atomic E-state index is 13.1. The highest BCUT2D eigenvalue weighted by Crippen LogP contribution is 2.48. The van der Waals surface area contributed by atoms with Gasteiger partial charge in [-0.1, -0.05) is 0 Å². The summed E-state index contributed by atoms with van der Waals surface area (Å²) in [5.74, 6) is -1.23. The Kier molecular flexibility index (Phi) is 2.80. The Labute approximate surface area is 117 Å². The van der Waals surface area contributed by atoms with Crippen LogP contribution in [0.4, 0.5) is 13.2 Å². The van der Waals surface area contributed by atoms with Gasteiger partial charge < -0.3 is 9.47 Å². The Morgan fingerprint density at radius 3 is 2.52 bits per heavy atom.